The van der Waals surface area contributed by atoms with E-state index in [-0.39, 0.29) is 15.7 Å². The molecule has 1 saturated heterocycles. The average molecular weight is 353 g/mol. The molecule has 0 saturated carbocycles. The van der Waals surface area contributed by atoms with Crippen molar-refractivity contribution in [2.45, 2.75) is 30.9 Å². The van der Waals surface area contributed by atoms with Crippen molar-refractivity contribution in [3.05, 3.63) is 4.60 Å². The molecule has 2 heterocycles. The molecule has 108 valence electrons. The monoisotopic (exact) mass is 352 g/mol. The minimum atomic E-state index is -3.61. The second-order valence-electron chi connectivity index (χ2n) is 4.40. The largest absolute Gasteiger partial charge is 0.377 e. The highest BCUT2D eigenvalue weighted by molar-refractivity contribution is 9.10. The summed E-state index contributed by atoms with van der Waals surface area (Å²) in [7, 11) is -2.05. The van der Waals surface area contributed by atoms with Gasteiger partial charge in [-0.15, -0.1) is 5.10 Å². The maximum absolute atomic E-state index is 12.6. The smallest absolute Gasteiger partial charge is 0.263 e. The molecule has 0 aromatic carbocycles. The minimum Gasteiger partial charge on any atom is -0.377 e. The highest BCUT2D eigenvalue weighted by atomic mass is 79.9. The van der Waals surface area contributed by atoms with Crippen molar-refractivity contribution < 1.29 is 13.2 Å². The van der Waals surface area contributed by atoms with E-state index in [1.165, 1.54) is 8.99 Å². The predicted octanol–water partition coefficient (Wildman–Crippen LogP) is 0.767. The van der Waals surface area contributed by atoms with E-state index in [0.29, 0.717) is 19.7 Å². The number of likely N-dealkylation sites (N-methyl/N-ethyl adjacent to an activating group) is 1. The van der Waals surface area contributed by atoms with Crippen LogP contribution in [-0.2, 0) is 21.8 Å². The van der Waals surface area contributed by atoms with E-state index in [1.807, 2.05) is 6.92 Å². The average Bonchev–Trinajstić information content (AvgIpc) is 2.96. The first-order chi connectivity index (χ1) is 8.96. The van der Waals surface area contributed by atoms with Crippen molar-refractivity contribution in [2.75, 3.05) is 19.7 Å². The van der Waals surface area contributed by atoms with Gasteiger partial charge in [0, 0.05) is 26.7 Å². The first kappa shape index (κ1) is 14.9. The highest BCUT2D eigenvalue weighted by Gasteiger charge is 2.32. The van der Waals surface area contributed by atoms with Gasteiger partial charge in [0.05, 0.1) is 6.10 Å². The third-order valence-electron chi connectivity index (χ3n) is 3.11. The maximum Gasteiger partial charge on any atom is 0.263 e. The van der Waals surface area contributed by atoms with Crippen LogP contribution in [0.1, 0.15) is 19.8 Å². The van der Waals surface area contributed by atoms with Crippen molar-refractivity contribution in [1.82, 2.24) is 19.3 Å². The van der Waals surface area contributed by atoms with Gasteiger partial charge in [-0.05, 0) is 28.8 Å². The van der Waals surface area contributed by atoms with Gasteiger partial charge in [0.15, 0.2) is 4.60 Å². The van der Waals surface area contributed by atoms with E-state index in [0.717, 1.165) is 12.8 Å². The molecule has 0 aliphatic carbocycles. The summed E-state index contributed by atoms with van der Waals surface area (Å²) in [6, 6.07) is 0. The van der Waals surface area contributed by atoms with Crippen molar-refractivity contribution in [1.29, 1.82) is 0 Å². The van der Waals surface area contributed by atoms with E-state index in [9.17, 15) is 8.42 Å². The number of aromatic nitrogens is 3. The Morgan fingerprint density at radius 2 is 2.32 bits per heavy atom. The van der Waals surface area contributed by atoms with Crippen LogP contribution in [0.4, 0.5) is 0 Å². The van der Waals surface area contributed by atoms with Crippen LogP contribution < -0.4 is 0 Å². The highest BCUT2D eigenvalue weighted by Crippen LogP contribution is 2.23. The molecule has 0 radical (unpaired) electrons. The van der Waals surface area contributed by atoms with E-state index in [1.54, 1.807) is 7.05 Å². The molecule has 1 aliphatic rings. The molecule has 0 amide bonds. The van der Waals surface area contributed by atoms with Crippen LogP contribution in [0.3, 0.4) is 0 Å². The van der Waals surface area contributed by atoms with Crippen LogP contribution in [-0.4, -0.2) is 53.5 Å². The standard InChI is InChI=1S/C10H17BrN4O3S/c1-3-15(7-8-5-4-6-18-8)19(16,17)10-9(11)12-13-14(10)2/h8H,3-7H2,1-2H3. The number of rotatable bonds is 5. The first-order valence-electron chi connectivity index (χ1n) is 6.13. The van der Waals surface area contributed by atoms with E-state index < -0.39 is 10.0 Å². The topological polar surface area (TPSA) is 77.3 Å². The van der Waals surface area contributed by atoms with Gasteiger partial charge in [-0.1, -0.05) is 12.1 Å². The molecule has 1 unspecified atom stereocenters. The van der Waals surface area contributed by atoms with Crippen molar-refractivity contribution in [3.8, 4) is 0 Å². The minimum absolute atomic E-state index is 0.0188. The first-order valence-corrected chi connectivity index (χ1v) is 8.37. The molecule has 1 fully saturated rings. The second-order valence-corrected chi connectivity index (χ2v) is 7.00. The van der Waals surface area contributed by atoms with E-state index in [4.69, 9.17) is 4.74 Å². The molecule has 1 aromatic heterocycles. The van der Waals surface area contributed by atoms with Crippen LogP contribution in [0.25, 0.3) is 0 Å². The lowest BCUT2D eigenvalue weighted by Gasteiger charge is -2.23. The van der Waals surface area contributed by atoms with Crippen LogP contribution in [0.15, 0.2) is 9.63 Å². The van der Waals surface area contributed by atoms with Gasteiger partial charge in [-0.3, -0.25) is 0 Å². The molecule has 1 atom stereocenters. The van der Waals surface area contributed by atoms with Crippen LogP contribution >= 0.6 is 15.9 Å². The third-order valence-corrected chi connectivity index (χ3v) is 5.94. The van der Waals surface area contributed by atoms with Gasteiger partial charge in [0.1, 0.15) is 0 Å². The summed E-state index contributed by atoms with van der Waals surface area (Å²) < 4.78 is 33.6. The second kappa shape index (κ2) is 5.86. The number of ether oxygens (including phenoxy) is 1. The molecule has 0 bridgehead atoms. The van der Waals surface area contributed by atoms with Crippen LogP contribution in [0.2, 0.25) is 0 Å². The van der Waals surface area contributed by atoms with Gasteiger partial charge < -0.3 is 4.74 Å². The molecule has 19 heavy (non-hydrogen) atoms. The van der Waals surface area contributed by atoms with Gasteiger partial charge in [0.25, 0.3) is 10.0 Å². The Morgan fingerprint density at radius 1 is 1.58 bits per heavy atom. The summed E-state index contributed by atoms with van der Waals surface area (Å²) in [5.41, 5.74) is 0. The molecular formula is C10H17BrN4O3S. The fourth-order valence-corrected chi connectivity index (χ4v) is 4.64. The SMILES string of the molecule is CCN(CC1CCCO1)S(=O)(=O)c1c(Br)nnn1C. The summed E-state index contributed by atoms with van der Waals surface area (Å²) >= 11 is 3.13. The lowest BCUT2D eigenvalue weighted by Crippen LogP contribution is -2.38. The summed E-state index contributed by atoms with van der Waals surface area (Å²) in [5, 5.41) is 7.51. The third kappa shape index (κ3) is 2.99. The van der Waals surface area contributed by atoms with E-state index >= 15 is 0 Å². The zero-order chi connectivity index (χ0) is 14.0. The Kier molecular flexibility index (Phi) is 4.59. The summed E-state index contributed by atoms with van der Waals surface area (Å²) in [6.07, 6.45) is 1.87. The number of halogens is 1. The lowest BCUT2D eigenvalue weighted by atomic mass is 10.2. The van der Waals surface area contributed by atoms with Gasteiger partial charge in [0.2, 0.25) is 5.03 Å². The molecule has 0 N–H and O–H groups in total. The van der Waals surface area contributed by atoms with Gasteiger partial charge in [-0.2, -0.15) is 4.31 Å². The quantitative estimate of drug-likeness (QED) is 0.781. The number of sulfonamides is 1. The molecule has 1 aromatic rings. The Hall–Kier alpha value is -0.510. The number of hydrogen-bond acceptors (Lipinski definition) is 5. The van der Waals surface area contributed by atoms with Gasteiger partial charge >= 0.3 is 0 Å². The summed E-state index contributed by atoms with van der Waals surface area (Å²) in [5.74, 6) is 0. The lowest BCUT2D eigenvalue weighted by molar-refractivity contribution is 0.0945. The zero-order valence-corrected chi connectivity index (χ0v) is 13.3. The maximum atomic E-state index is 12.6. The molecule has 1 aliphatic heterocycles. The van der Waals surface area contributed by atoms with Crippen molar-refractivity contribution in [3.63, 3.8) is 0 Å². The normalized spacial score (nSPS) is 20.3. The Balaban J connectivity index is 2.25. The Morgan fingerprint density at radius 3 is 2.79 bits per heavy atom. The Bertz CT molecular complexity index is 519. The zero-order valence-electron chi connectivity index (χ0n) is 10.9. The fourth-order valence-electron chi connectivity index (χ4n) is 2.13. The van der Waals surface area contributed by atoms with Crippen molar-refractivity contribution in [2.24, 2.45) is 7.05 Å². The summed E-state index contributed by atoms with van der Waals surface area (Å²) in [4.78, 5) is 0. The molecule has 9 heteroatoms. The molecule has 0 spiro atoms. The number of nitrogens with zero attached hydrogens (tertiary/aromatic N) is 4. The fraction of sp³-hybridized carbons (Fsp3) is 0.800. The van der Waals surface area contributed by atoms with Crippen molar-refractivity contribution >= 4 is 26.0 Å². The van der Waals surface area contributed by atoms with Crippen LogP contribution in [0, 0.1) is 0 Å². The predicted molar refractivity (Wildman–Crippen MR) is 72.1 cm³/mol. The Labute approximate surface area is 121 Å². The van der Waals surface area contributed by atoms with E-state index in [2.05, 4.69) is 26.2 Å². The van der Waals surface area contributed by atoms with Crippen LogP contribution in [0.5, 0.6) is 0 Å². The number of aryl methyl sites for hydroxylation is 1. The summed E-state index contributed by atoms with van der Waals surface area (Å²) in [6.45, 7) is 3.28. The van der Waals surface area contributed by atoms with Gasteiger partial charge in [-0.25, -0.2) is 13.1 Å². The molecule has 2 rings (SSSR count). The molecular weight excluding hydrogens is 336 g/mol. The molecule has 7 nitrogen and oxygen atoms in total. The number of hydrogen-bond donors (Lipinski definition) is 0.